The standard InChI is InChI=1S/C25H30N8O3/c1-3-32-22-20(26-25(32)31-10-9-18(34)15-31)21(30-11-13-36-14-12-30)27-24(28-22)33-16-19(23(29-33)35-2)17-7-5-4-6-8-17/h4-8,16,18,34H,3,9-15H2,1-2H3. The number of ether oxygens (including phenoxy) is 2. The molecule has 188 valence electrons. The highest BCUT2D eigenvalue weighted by molar-refractivity contribution is 5.87. The first-order valence-electron chi connectivity index (χ1n) is 12.4. The second kappa shape index (κ2) is 9.40. The number of anilines is 2. The van der Waals surface area contributed by atoms with Crippen LogP contribution >= 0.6 is 0 Å². The fourth-order valence-electron chi connectivity index (χ4n) is 4.94. The molecule has 0 radical (unpaired) electrons. The summed E-state index contributed by atoms with van der Waals surface area (Å²) < 4.78 is 15.0. The number of methoxy groups -OCH3 is 1. The van der Waals surface area contributed by atoms with Crippen molar-refractivity contribution >= 4 is 22.9 Å². The van der Waals surface area contributed by atoms with Crippen LogP contribution in [0, 0.1) is 0 Å². The van der Waals surface area contributed by atoms with Crippen molar-refractivity contribution in [3.8, 4) is 23.0 Å². The molecule has 4 aromatic rings. The number of aliphatic hydroxyl groups excluding tert-OH is 1. The summed E-state index contributed by atoms with van der Waals surface area (Å²) in [5, 5.41) is 14.8. The Morgan fingerprint density at radius 1 is 1.06 bits per heavy atom. The van der Waals surface area contributed by atoms with Gasteiger partial charge >= 0.3 is 0 Å². The number of hydrogen-bond acceptors (Lipinski definition) is 9. The maximum Gasteiger partial charge on any atom is 0.254 e. The number of imidazole rings is 1. The van der Waals surface area contributed by atoms with E-state index in [1.165, 1.54) is 0 Å². The molecule has 2 fully saturated rings. The highest BCUT2D eigenvalue weighted by Crippen LogP contribution is 2.33. The normalized spacial score (nSPS) is 18.4. The van der Waals surface area contributed by atoms with Gasteiger partial charge in [0, 0.05) is 38.9 Å². The fraction of sp³-hybridized carbons (Fsp3) is 0.440. The van der Waals surface area contributed by atoms with Crippen molar-refractivity contribution in [2.45, 2.75) is 26.0 Å². The number of aliphatic hydroxyl groups is 1. The van der Waals surface area contributed by atoms with E-state index < -0.39 is 0 Å². The van der Waals surface area contributed by atoms with E-state index in [4.69, 9.17) is 24.4 Å². The van der Waals surface area contributed by atoms with Crippen LogP contribution in [0.2, 0.25) is 0 Å². The number of hydrogen-bond donors (Lipinski definition) is 1. The minimum Gasteiger partial charge on any atom is -0.479 e. The minimum absolute atomic E-state index is 0.344. The summed E-state index contributed by atoms with van der Waals surface area (Å²) in [6.45, 7) is 6.80. The van der Waals surface area contributed by atoms with Gasteiger partial charge in [0.05, 0.1) is 32.0 Å². The molecule has 0 spiro atoms. The monoisotopic (exact) mass is 490 g/mol. The topological polar surface area (TPSA) is 107 Å². The highest BCUT2D eigenvalue weighted by Gasteiger charge is 2.29. The van der Waals surface area contributed by atoms with E-state index in [2.05, 4.69) is 26.4 Å². The van der Waals surface area contributed by atoms with E-state index in [0.29, 0.717) is 38.1 Å². The molecule has 5 heterocycles. The van der Waals surface area contributed by atoms with Gasteiger partial charge in [0.15, 0.2) is 17.0 Å². The predicted molar refractivity (Wildman–Crippen MR) is 136 cm³/mol. The lowest BCUT2D eigenvalue weighted by Gasteiger charge is -2.28. The van der Waals surface area contributed by atoms with Gasteiger partial charge < -0.3 is 24.4 Å². The van der Waals surface area contributed by atoms with Crippen molar-refractivity contribution in [2.24, 2.45) is 0 Å². The van der Waals surface area contributed by atoms with Crippen molar-refractivity contribution in [2.75, 3.05) is 56.3 Å². The number of β-amino-alcohol motifs (C(OH)–C–C–N with tert-alkyl or cyclic N) is 1. The summed E-state index contributed by atoms with van der Waals surface area (Å²) in [7, 11) is 1.62. The number of rotatable bonds is 6. The molecule has 6 rings (SSSR count). The number of morpholine rings is 1. The second-order valence-electron chi connectivity index (χ2n) is 9.03. The van der Waals surface area contributed by atoms with Crippen LogP contribution in [-0.4, -0.2) is 87.0 Å². The Labute approximate surface area is 208 Å². The lowest BCUT2D eigenvalue weighted by Crippen LogP contribution is -2.37. The average Bonchev–Trinajstić information content (AvgIpc) is 3.65. The van der Waals surface area contributed by atoms with E-state index in [1.54, 1.807) is 11.8 Å². The molecule has 0 amide bonds. The van der Waals surface area contributed by atoms with Crippen LogP contribution in [0.1, 0.15) is 13.3 Å². The molecule has 2 saturated heterocycles. The van der Waals surface area contributed by atoms with Gasteiger partial charge in [-0.3, -0.25) is 4.57 Å². The molecule has 1 N–H and O–H groups in total. The smallest absolute Gasteiger partial charge is 0.254 e. The maximum absolute atomic E-state index is 10.1. The number of nitrogens with zero attached hydrogens (tertiary/aromatic N) is 8. The molecular formula is C25H30N8O3. The highest BCUT2D eigenvalue weighted by atomic mass is 16.5. The molecule has 0 aliphatic carbocycles. The molecule has 1 atom stereocenters. The fourth-order valence-corrected chi connectivity index (χ4v) is 4.94. The Hall–Kier alpha value is -3.70. The zero-order chi connectivity index (χ0) is 24.6. The summed E-state index contributed by atoms with van der Waals surface area (Å²) >= 11 is 0. The first kappa shape index (κ1) is 22.7. The van der Waals surface area contributed by atoms with Crippen molar-refractivity contribution in [3.05, 3.63) is 36.5 Å². The van der Waals surface area contributed by atoms with Crippen molar-refractivity contribution in [1.29, 1.82) is 0 Å². The SMILES string of the molecule is CCn1c(N2CCC(O)C2)nc2c(N3CCOCC3)nc(-n3cc(-c4ccccc4)c(OC)n3)nc21. The Kier molecular flexibility index (Phi) is 5.94. The van der Waals surface area contributed by atoms with Crippen LogP contribution in [0.4, 0.5) is 11.8 Å². The molecule has 2 aliphatic rings. The van der Waals surface area contributed by atoms with Crippen molar-refractivity contribution < 1.29 is 14.6 Å². The molecule has 11 heteroatoms. The Balaban J connectivity index is 1.52. The average molecular weight is 491 g/mol. The van der Waals surface area contributed by atoms with Gasteiger partial charge in [-0.05, 0) is 18.9 Å². The quantitative estimate of drug-likeness (QED) is 0.435. The first-order valence-corrected chi connectivity index (χ1v) is 12.4. The van der Waals surface area contributed by atoms with E-state index in [1.807, 2.05) is 36.5 Å². The third-order valence-electron chi connectivity index (χ3n) is 6.78. The lowest BCUT2D eigenvalue weighted by molar-refractivity contribution is 0.122. The third kappa shape index (κ3) is 3.94. The Morgan fingerprint density at radius 2 is 1.86 bits per heavy atom. The molecule has 0 saturated carbocycles. The number of fused-ring (bicyclic) bond motifs is 1. The van der Waals surface area contributed by atoms with Gasteiger partial charge in [0.2, 0.25) is 11.8 Å². The molecule has 0 bridgehead atoms. The largest absolute Gasteiger partial charge is 0.479 e. The van der Waals surface area contributed by atoms with Crippen LogP contribution in [0.5, 0.6) is 5.88 Å². The Bertz CT molecular complexity index is 1360. The second-order valence-corrected chi connectivity index (χ2v) is 9.03. The molecule has 11 nitrogen and oxygen atoms in total. The van der Waals surface area contributed by atoms with Crippen LogP contribution in [-0.2, 0) is 11.3 Å². The number of aromatic nitrogens is 6. The molecular weight excluding hydrogens is 460 g/mol. The van der Waals surface area contributed by atoms with Gasteiger partial charge in [0.25, 0.3) is 5.95 Å². The third-order valence-corrected chi connectivity index (χ3v) is 6.78. The van der Waals surface area contributed by atoms with Gasteiger partial charge in [0.1, 0.15) is 0 Å². The Morgan fingerprint density at radius 3 is 2.56 bits per heavy atom. The molecule has 1 aromatic carbocycles. The van der Waals surface area contributed by atoms with Crippen LogP contribution in [0.25, 0.3) is 28.2 Å². The van der Waals surface area contributed by atoms with E-state index in [-0.39, 0.29) is 6.10 Å². The molecule has 36 heavy (non-hydrogen) atoms. The first-order chi connectivity index (χ1) is 17.7. The maximum atomic E-state index is 10.1. The summed E-state index contributed by atoms with van der Waals surface area (Å²) in [4.78, 5) is 19.3. The van der Waals surface area contributed by atoms with Crippen molar-refractivity contribution in [1.82, 2.24) is 29.3 Å². The minimum atomic E-state index is -0.344. The van der Waals surface area contributed by atoms with Crippen molar-refractivity contribution in [3.63, 3.8) is 0 Å². The summed E-state index contributed by atoms with van der Waals surface area (Å²) in [6.07, 6.45) is 2.29. The zero-order valence-electron chi connectivity index (χ0n) is 20.5. The van der Waals surface area contributed by atoms with Gasteiger partial charge in [-0.2, -0.15) is 9.97 Å². The summed E-state index contributed by atoms with van der Waals surface area (Å²) in [5.74, 6) is 2.54. The molecule has 2 aliphatic heterocycles. The van der Waals surface area contributed by atoms with E-state index >= 15 is 0 Å². The van der Waals surface area contributed by atoms with Crippen LogP contribution < -0.4 is 14.5 Å². The zero-order valence-corrected chi connectivity index (χ0v) is 20.5. The van der Waals surface area contributed by atoms with Crippen LogP contribution in [0.3, 0.4) is 0 Å². The summed E-state index contributed by atoms with van der Waals surface area (Å²) in [5.41, 5.74) is 3.37. The van der Waals surface area contributed by atoms with E-state index in [9.17, 15) is 5.11 Å². The lowest BCUT2D eigenvalue weighted by atomic mass is 10.1. The van der Waals surface area contributed by atoms with Gasteiger partial charge in [-0.25, -0.2) is 9.67 Å². The van der Waals surface area contributed by atoms with Gasteiger partial charge in [-0.15, -0.1) is 5.10 Å². The summed E-state index contributed by atoms with van der Waals surface area (Å²) in [6, 6.07) is 10.0. The van der Waals surface area contributed by atoms with Crippen LogP contribution in [0.15, 0.2) is 36.5 Å². The van der Waals surface area contributed by atoms with E-state index in [0.717, 1.165) is 60.1 Å². The molecule has 3 aromatic heterocycles. The molecule has 1 unspecified atom stereocenters. The van der Waals surface area contributed by atoms with Gasteiger partial charge in [-0.1, -0.05) is 30.3 Å². The predicted octanol–water partition coefficient (Wildman–Crippen LogP) is 2.12. The number of aryl methyl sites for hydroxylation is 1. The number of benzene rings is 1.